The van der Waals surface area contributed by atoms with Crippen LogP contribution in [0, 0.1) is 0 Å². The highest BCUT2D eigenvalue weighted by Gasteiger charge is 2.14. The van der Waals surface area contributed by atoms with E-state index in [9.17, 15) is 5.11 Å². The smallest absolute Gasteiger partial charge is 0.103 e. The van der Waals surface area contributed by atoms with Crippen molar-refractivity contribution in [2.45, 2.75) is 25.5 Å². The molecule has 1 rings (SSSR count). The molecule has 1 heterocycles. The number of aliphatic hydroxyl groups excluding tert-OH is 1. The molecule has 1 aromatic heterocycles. The largest absolute Gasteiger partial charge is 0.386 e. The summed E-state index contributed by atoms with van der Waals surface area (Å²) in [6, 6.07) is 3.70. The van der Waals surface area contributed by atoms with Crippen molar-refractivity contribution < 1.29 is 5.11 Å². The lowest BCUT2D eigenvalue weighted by atomic mass is 10.1. The van der Waals surface area contributed by atoms with E-state index < -0.39 is 6.10 Å². The standard InChI is InChI=1S/C8H13NOS/c1-2-6(9)8(10)7-4-3-5-11-7/h3-6,8,10H,2,9H2,1H3. The second kappa shape index (κ2) is 3.85. The summed E-state index contributed by atoms with van der Waals surface area (Å²) in [6.07, 6.45) is 0.319. The molecule has 0 aliphatic heterocycles. The molecule has 0 saturated carbocycles. The summed E-state index contributed by atoms with van der Waals surface area (Å²) in [7, 11) is 0. The molecule has 0 fully saturated rings. The Bertz CT molecular complexity index is 198. The molecule has 1 aromatic rings. The molecule has 0 radical (unpaired) electrons. The van der Waals surface area contributed by atoms with Crippen molar-refractivity contribution in [3.8, 4) is 0 Å². The van der Waals surface area contributed by atoms with Crippen LogP contribution in [-0.2, 0) is 0 Å². The number of hydrogen-bond donors (Lipinski definition) is 2. The van der Waals surface area contributed by atoms with Crippen LogP contribution in [0.2, 0.25) is 0 Å². The van der Waals surface area contributed by atoms with Gasteiger partial charge >= 0.3 is 0 Å². The normalized spacial score (nSPS) is 16.3. The Balaban J connectivity index is 2.62. The van der Waals surface area contributed by atoms with Crippen molar-refractivity contribution in [1.29, 1.82) is 0 Å². The van der Waals surface area contributed by atoms with E-state index >= 15 is 0 Å². The molecule has 3 N–H and O–H groups in total. The summed E-state index contributed by atoms with van der Waals surface area (Å²) < 4.78 is 0. The zero-order valence-electron chi connectivity index (χ0n) is 6.53. The molecule has 62 valence electrons. The van der Waals surface area contributed by atoms with Crippen LogP contribution in [0.1, 0.15) is 24.3 Å². The first-order valence-corrected chi connectivity index (χ1v) is 4.60. The maximum atomic E-state index is 9.56. The van der Waals surface area contributed by atoms with E-state index in [4.69, 9.17) is 5.73 Å². The number of thiophene rings is 1. The zero-order chi connectivity index (χ0) is 8.27. The van der Waals surface area contributed by atoms with Crippen LogP contribution in [0.15, 0.2) is 17.5 Å². The van der Waals surface area contributed by atoms with Crippen LogP contribution >= 0.6 is 11.3 Å². The first kappa shape index (κ1) is 8.71. The Morgan fingerprint density at radius 3 is 2.91 bits per heavy atom. The molecule has 2 nitrogen and oxygen atoms in total. The van der Waals surface area contributed by atoms with Crippen LogP contribution in [0.25, 0.3) is 0 Å². The molecule has 0 aliphatic carbocycles. The average molecular weight is 171 g/mol. The first-order valence-electron chi connectivity index (χ1n) is 3.72. The third kappa shape index (κ3) is 2.02. The SMILES string of the molecule is CCC(N)C(O)c1cccs1. The summed E-state index contributed by atoms with van der Waals surface area (Å²) in [4.78, 5) is 0.958. The quantitative estimate of drug-likeness (QED) is 0.724. The van der Waals surface area contributed by atoms with Gasteiger partial charge in [-0.25, -0.2) is 0 Å². The van der Waals surface area contributed by atoms with Crippen LogP contribution in [-0.4, -0.2) is 11.1 Å². The fourth-order valence-corrected chi connectivity index (χ4v) is 1.68. The van der Waals surface area contributed by atoms with E-state index in [0.717, 1.165) is 11.3 Å². The van der Waals surface area contributed by atoms with E-state index in [1.54, 1.807) is 11.3 Å². The van der Waals surface area contributed by atoms with Gasteiger partial charge in [-0.3, -0.25) is 0 Å². The molecule has 0 saturated heterocycles. The van der Waals surface area contributed by atoms with Gasteiger partial charge in [0.1, 0.15) is 6.10 Å². The predicted molar refractivity (Wildman–Crippen MR) is 47.5 cm³/mol. The number of rotatable bonds is 3. The third-order valence-corrected chi connectivity index (χ3v) is 2.65. The van der Waals surface area contributed by atoms with Crippen LogP contribution in [0.3, 0.4) is 0 Å². The summed E-state index contributed by atoms with van der Waals surface area (Å²) >= 11 is 1.54. The van der Waals surface area contributed by atoms with Gasteiger partial charge in [0.05, 0.1) is 0 Å². The van der Waals surface area contributed by atoms with Crippen molar-refractivity contribution in [1.82, 2.24) is 0 Å². The summed E-state index contributed by atoms with van der Waals surface area (Å²) in [6.45, 7) is 1.97. The van der Waals surface area contributed by atoms with Crippen LogP contribution in [0.5, 0.6) is 0 Å². The molecule has 0 spiro atoms. The topological polar surface area (TPSA) is 46.2 Å². The molecule has 3 heteroatoms. The van der Waals surface area contributed by atoms with Gasteiger partial charge in [0.15, 0.2) is 0 Å². The van der Waals surface area contributed by atoms with E-state index in [2.05, 4.69) is 0 Å². The van der Waals surface area contributed by atoms with Gasteiger partial charge in [-0.05, 0) is 17.9 Å². The van der Waals surface area contributed by atoms with Crippen molar-refractivity contribution in [2.75, 3.05) is 0 Å². The number of nitrogens with two attached hydrogens (primary N) is 1. The van der Waals surface area contributed by atoms with Crippen molar-refractivity contribution in [2.24, 2.45) is 5.73 Å². The van der Waals surface area contributed by atoms with E-state index in [-0.39, 0.29) is 6.04 Å². The number of hydrogen-bond acceptors (Lipinski definition) is 3. The van der Waals surface area contributed by atoms with Gasteiger partial charge in [0.25, 0.3) is 0 Å². The average Bonchev–Trinajstić information content (AvgIpc) is 2.53. The second-order valence-electron chi connectivity index (χ2n) is 2.53. The minimum atomic E-state index is -0.486. The molecule has 2 unspecified atom stereocenters. The lowest BCUT2D eigenvalue weighted by Crippen LogP contribution is -2.26. The van der Waals surface area contributed by atoms with Crippen molar-refractivity contribution in [3.63, 3.8) is 0 Å². The highest BCUT2D eigenvalue weighted by Crippen LogP contribution is 2.21. The fourth-order valence-electron chi connectivity index (χ4n) is 0.894. The van der Waals surface area contributed by atoms with Gasteiger partial charge in [-0.15, -0.1) is 11.3 Å². The van der Waals surface area contributed by atoms with E-state index in [0.29, 0.717) is 0 Å². The highest BCUT2D eigenvalue weighted by molar-refractivity contribution is 7.10. The third-order valence-electron chi connectivity index (χ3n) is 1.71. The lowest BCUT2D eigenvalue weighted by Gasteiger charge is -2.14. The molecular formula is C8H13NOS. The van der Waals surface area contributed by atoms with Gasteiger partial charge in [0.2, 0.25) is 0 Å². The summed E-state index contributed by atoms with van der Waals surface area (Å²) in [5, 5.41) is 11.5. The van der Waals surface area contributed by atoms with Gasteiger partial charge in [-0.2, -0.15) is 0 Å². The maximum absolute atomic E-state index is 9.56. The number of aliphatic hydroxyl groups is 1. The Kier molecular flexibility index (Phi) is 3.05. The Hall–Kier alpha value is -0.380. The minimum Gasteiger partial charge on any atom is -0.386 e. The highest BCUT2D eigenvalue weighted by atomic mass is 32.1. The van der Waals surface area contributed by atoms with Gasteiger partial charge in [-0.1, -0.05) is 13.0 Å². The molecule has 0 aliphatic rings. The second-order valence-corrected chi connectivity index (χ2v) is 3.51. The van der Waals surface area contributed by atoms with Gasteiger partial charge < -0.3 is 10.8 Å². The summed E-state index contributed by atoms with van der Waals surface area (Å²) in [5.74, 6) is 0. The van der Waals surface area contributed by atoms with Crippen molar-refractivity contribution >= 4 is 11.3 Å². The van der Waals surface area contributed by atoms with E-state index in [1.165, 1.54) is 0 Å². The molecular weight excluding hydrogens is 158 g/mol. The first-order chi connectivity index (χ1) is 5.25. The van der Waals surface area contributed by atoms with Gasteiger partial charge in [0, 0.05) is 10.9 Å². The molecule has 0 amide bonds. The Morgan fingerprint density at radius 2 is 2.45 bits per heavy atom. The molecule has 0 aromatic carbocycles. The van der Waals surface area contributed by atoms with E-state index in [1.807, 2.05) is 24.4 Å². The lowest BCUT2D eigenvalue weighted by molar-refractivity contribution is 0.148. The van der Waals surface area contributed by atoms with Crippen LogP contribution < -0.4 is 5.73 Å². The predicted octanol–water partition coefficient (Wildman–Crippen LogP) is 1.52. The maximum Gasteiger partial charge on any atom is 0.103 e. The van der Waals surface area contributed by atoms with Crippen LogP contribution in [0.4, 0.5) is 0 Å². The zero-order valence-corrected chi connectivity index (χ0v) is 7.34. The molecule has 11 heavy (non-hydrogen) atoms. The minimum absolute atomic E-state index is 0.131. The summed E-state index contributed by atoms with van der Waals surface area (Å²) in [5.41, 5.74) is 5.66. The van der Waals surface area contributed by atoms with Crippen molar-refractivity contribution in [3.05, 3.63) is 22.4 Å². The molecule has 0 bridgehead atoms. The molecule has 2 atom stereocenters. The fraction of sp³-hybridized carbons (Fsp3) is 0.500. The Labute approximate surface area is 70.7 Å². The monoisotopic (exact) mass is 171 g/mol. The Morgan fingerprint density at radius 1 is 1.73 bits per heavy atom.